The maximum absolute atomic E-state index is 12.5. The lowest BCUT2D eigenvalue weighted by atomic mass is 10.3. The molecule has 1 amide bonds. The molecule has 2 aromatic rings. The number of halogens is 3. The molecule has 0 aromatic carbocycles. The van der Waals surface area contributed by atoms with Crippen LogP contribution in [0.5, 0.6) is 0 Å². The molecule has 3 heterocycles. The highest BCUT2D eigenvalue weighted by Gasteiger charge is 2.33. The van der Waals surface area contributed by atoms with Crippen LogP contribution >= 0.6 is 0 Å². The van der Waals surface area contributed by atoms with Crippen molar-refractivity contribution < 1.29 is 23.1 Å². The van der Waals surface area contributed by atoms with Gasteiger partial charge in [0.1, 0.15) is 19.1 Å². The smallest absolute Gasteiger partial charge is 0.435 e. The topological polar surface area (TPSA) is 112 Å². The van der Waals surface area contributed by atoms with Gasteiger partial charge < -0.3 is 19.7 Å². The maximum Gasteiger partial charge on any atom is 0.435 e. The van der Waals surface area contributed by atoms with Gasteiger partial charge in [-0.15, -0.1) is 0 Å². The quantitative estimate of drug-likeness (QED) is 0.667. The van der Waals surface area contributed by atoms with Crippen LogP contribution in [0.3, 0.4) is 0 Å². The summed E-state index contributed by atoms with van der Waals surface area (Å²) >= 11 is 0. The number of aromatic nitrogens is 5. The van der Waals surface area contributed by atoms with Gasteiger partial charge in [0.15, 0.2) is 5.69 Å². The van der Waals surface area contributed by atoms with E-state index in [1.54, 1.807) is 4.90 Å². The summed E-state index contributed by atoms with van der Waals surface area (Å²) in [5.74, 6) is 0.126. The molecule has 2 aromatic heterocycles. The minimum absolute atomic E-state index is 0.126. The van der Waals surface area contributed by atoms with Crippen LogP contribution < -0.4 is 15.7 Å². The second kappa shape index (κ2) is 6.65. The molecule has 0 aliphatic carbocycles. The second-order valence-electron chi connectivity index (χ2n) is 5.53. The fourth-order valence-corrected chi connectivity index (χ4v) is 2.44. The van der Waals surface area contributed by atoms with Crippen LogP contribution in [0.2, 0.25) is 0 Å². The van der Waals surface area contributed by atoms with Crippen LogP contribution in [0.15, 0.2) is 23.4 Å². The van der Waals surface area contributed by atoms with Crippen LogP contribution in [0.25, 0.3) is 0 Å². The van der Waals surface area contributed by atoms with Crippen LogP contribution in [0.4, 0.5) is 23.9 Å². The molecule has 3 rings (SSSR count). The number of piperazine rings is 1. The molecule has 10 nitrogen and oxygen atoms in total. The first-order valence-corrected chi connectivity index (χ1v) is 7.49. The van der Waals surface area contributed by atoms with E-state index in [9.17, 15) is 27.9 Å². The van der Waals surface area contributed by atoms with Gasteiger partial charge in [0.2, 0.25) is 5.95 Å². The summed E-state index contributed by atoms with van der Waals surface area (Å²) in [5.41, 5.74) is -1.77. The van der Waals surface area contributed by atoms with Gasteiger partial charge in [-0.25, -0.2) is 9.78 Å². The molecule has 0 radical (unpaired) electrons. The van der Waals surface area contributed by atoms with Gasteiger partial charge in [0, 0.05) is 32.4 Å². The second-order valence-corrected chi connectivity index (χ2v) is 5.53. The summed E-state index contributed by atoms with van der Waals surface area (Å²) in [6, 6.07) is 0.803. The Morgan fingerprint density at radius 2 is 1.92 bits per heavy atom. The normalized spacial score (nSPS) is 15.3. The van der Waals surface area contributed by atoms with Crippen molar-refractivity contribution in [2.24, 2.45) is 0 Å². The first kappa shape index (κ1) is 17.7. The van der Waals surface area contributed by atoms with Crippen molar-refractivity contribution in [1.82, 2.24) is 29.2 Å². The first-order chi connectivity index (χ1) is 12.2. The molecular weight excluding hydrogens is 359 g/mol. The summed E-state index contributed by atoms with van der Waals surface area (Å²) in [7, 11) is 0. The lowest BCUT2D eigenvalue weighted by molar-refractivity contribution is -0.265. The van der Waals surface area contributed by atoms with Crippen molar-refractivity contribution in [3.63, 3.8) is 0 Å². The van der Waals surface area contributed by atoms with Crippen molar-refractivity contribution >= 4 is 12.0 Å². The number of anilines is 1. The maximum atomic E-state index is 12.5. The lowest BCUT2D eigenvalue weighted by Crippen LogP contribution is -2.53. The third-order valence-electron chi connectivity index (χ3n) is 3.80. The van der Waals surface area contributed by atoms with Crippen molar-refractivity contribution in [3.05, 3.63) is 34.8 Å². The number of carboxylic acid groups (broad SMARTS) is 1. The van der Waals surface area contributed by atoms with Crippen molar-refractivity contribution in [3.8, 4) is 0 Å². The van der Waals surface area contributed by atoms with Gasteiger partial charge >= 0.3 is 11.9 Å². The van der Waals surface area contributed by atoms with E-state index in [4.69, 9.17) is 0 Å². The predicted molar refractivity (Wildman–Crippen MR) is 78.1 cm³/mol. The minimum atomic E-state index is -4.57. The van der Waals surface area contributed by atoms with Gasteiger partial charge in [0.05, 0.1) is 0 Å². The standard InChI is InChI=1S/C13H14F3N7O3/c14-13(15,16)9-1-2-23(19-9)8-22-7-17-10(18-11(22)24)20-3-5-21(6-4-20)12(25)26/h1-2,7H,3-6,8H2,(H,25,26)/p-1. The van der Waals surface area contributed by atoms with E-state index in [0.717, 1.165) is 32.7 Å². The number of amides is 1. The molecule has 0 atom stereocenters. The van der Waals surface area contributed by atoms with E-state index in [0.29, 0.717) is 13.1 Å². The van der Waals surface area contributed by atoms with Crippen LogP contribution in [0, 0.1) is 0 Å². The largest absolute Gasteiger partial charge is 0.530 e. The van der Waals surface area contributed by atoms with E-state index in [1.807, 2.05) is 0 Å². The number of alkyl halides is 3. The van der Waals surface area contributed by atoms with E-state index < -0.39 is 23.7 Å². The van der Waals surface area contributed by atoms with Crippen LogP contribution in [-0.4, -0.2) is 61.5 Å². The number of nitrogens with zero attached hydrogens (tertiary/aromatic N) is 7. The molecule has 1 aliphatic heterocycles. The summed E-state index contributed by atoms with van der Waals surface area (Å²) in [4.78, 5) is 33.4. The Morgan fingerprint density at radius 3 is 2.46 bits per heavy atom. The molecule has 0 saturated carbocycles. The zero-order chi connectivity index (χ0) is 18.9. The Labute approximate surface area is 144 Å². The monoisotopic (exact) mass is 372 g/mol. The molecule has 140 valence electrons. The minimum Gasteiger partial charge on any atom is -0.530 e. The molecule has 0 N–H and O–H groups in total. The molecule has 0 bridgehead atoms. The fraction of sp³-hybridized carbons (Fsp3) is 0.462. The third-order valence-corrected chi connectivity index (χ3v) is 3.80. The zero-order valence-corrected chi connectivity index (χ0v) is 13.3. The van der Waals surface area contributed by atoms with Crippen LogP contribution in [0.1, 0.15) is 5.69 Å². The molecule has 0 spiro atoms. The Morgan fingerprint density at radius 1 is 1.23 bits per heavy atom. The van der Waals surface area contributed by atoms with Gasteiger partial charge in [-0.2, -0.15) is 23.3 Å². The Balaban J connectivity index is 1.69. The number of rotatable bonds is 3. The summed E-state index contributed by atoms with van der Waals surface area (Å²) in [5, 5.41) is 14.1. The Kier molecular flexibility index (Phi) is 4.52. The van der Waals surface area contributed by atoms with Gasteiger partial charge in [-0.3, -0.25) is 9.25 Å². The van der Waals surface area contributed by atoms with E-state index in [2.05, 4.69) is 15.1 Å². The SMILES string of the molecule is O=C([O-])N1CCN(c2ncn(Cn3ccc(C(F)(F)F)n3)c(=O)n2)CC1. The summed E-state index contributed by atoms with van der Waals surface area (Å²) in [6.07, 6.45) is -3.57. The average molecular weight is 372 g/mol. The summed E-state index contributed by atoms with van der Waals surface area (Å²) < 4.78 is 39.6. The molecule has 1 fully saturated rings. The predicted octanol–water partition coefficient (Wildman–Crippen LogP) is -1.18. The fourth-order valence-electron chi connectivity index (χ4n) is 2.44. The zero-order valence-electron chi connectivity index (χ0n) is 13.3. The lowest BCUT2D eigenvalue weighted by Gasteiger charge is -2.35. The molecule has 1 aliphatic rings. The van der Waals surface area contributed by atoms with E-state index in [1.165, 1.54) is 0 Å². The Hall–Kier alpha value is -3.12. The summed E-state index contributed by atoms with van der Waals surface area (Å²) in [6.45, 7) is 0.718. The van der Waals surface area contributed by atoms with E-state index in [-0.39, 0.29) is 25.7 Å². The molecule has 13 heteroatoms. The Bertz CT molecular complexity index is 855. The number of carbonyl (C=O) groups excluding carboxylic acids is 1. The highest BCUT2D eigenvalue weighted by atomic mass is 19.4. The molecule has 26 heavy (non-hydrogen) atoms. The van der Waals surface area contributed by atoms with Gasteiger partial charge in [-0.05, 0) is 6.07 Å². The molecule has 1 saturated heterocycles. The van der Waals surface area contributed by atoms with Gasteiger partial charge in [-0.1, -0.05) is 0 Å². The molecule has 0 unspecified atom stereocenters. The highest BCUT2D eigenvalue weighted by molar-refractivity contribution is 5.62. The van der Waals surface area contributed by atoms with E-state index >= 15 is 0 Å². The van der Waals surface area contributed by atoms with Crippen molar-refractivity contribution in [2.75, 3.05) is 31.1 Å². The third kappa shape index (κ3) is 3.75. The number of hydrogen-bond donors (Lipinski definition) is 0. The molecular formula is C13H13F3N7O3-. The average Bonchev–Trinajstić information content (AvgIpc) is 3.06. The highest BCUT2D eigenvalue weighted by Crippen LogP contribution is 2.27. The first-order valence-electron chi connectivity index (χ1n) is 7.49. The van der Waals surface area contributed by atoms with Gasteiger partial charge in [0.25, 0.3) is 0 Å². The van der Waals surface area contributed by atoms with Crippen LogP contribution in [-0.2, 0) is 12.8 Å². The number of hydrogen-bond acceptors (Lipinski definition) is 7. The number of carbonyl (C=O) groups is 1. The van der Waals surface area contributed by atoms with Crippen molar-refractivity contribution in [2.45, 2.75) is 12.8 Å². The van der Waals surface area contributed by atoms with Crippen molar-refractivity contribution in [1.29, 1.82) is 0 Å².